The van der Waals surface area contributed by atoms with Crippen LogP contribution in [-0.4, -0.2) is 17.9 Å². The number of hydrogen-bond donors (Lipinski definition) is 1. The molecule has 0 bridgehead atoms. The van der Waals surface area contributed by atoms with Gasteiger partial charge in [0.1, 0.15) is 5.75 Å². The van der Waals surface area contributed by atoms with Crippen molar-refractivity contribution < 1.29 is 14.5 Å². The molecule has 6 nitrogen and oxygen atoms in total. The second-order valence-corrected chi connectivity index (χ2v) is 4.74. The number of carbonyl (C=O) groups excluding carboxylic acids is 1. The van der Waals surface area contributed by atoms with E-state index in [0.717, 1.165) is 5.56 Å². The number of nitro groups is 1. The molecule has 0 heterocycles. The number of amides is 1. The van der Waals surface area contributed by atoms with Crippen LogP contribution in [0.5, 0.6) is 5.75 Å². The van der Waals surface area contributed by atoms with Crippen molar-refractivity contribution in [3.63, 3.8) is 0 Å². The summed E-state index contributed by atoms with van der Waals surface area (Å²) in [6, 6.07) is 12.7. The number of nitrogens with one attached hydrogen (secondary N) is 1. The van der Waals surface area contributed by atoms with Crippen LogP contribution in [0.15, 0.2) is 48.5 Å². The highest BCUT2D eigenvalue weighted by molar-refractivity contribution is 5.94. The first kappa shape index (κ1) is 15.5. The molecule has 2 aromatic carbocycles. The number of benzene rings is 2. The molecule has 0 saturated carbocycles. The highest BCUT2D eigenvalue weighted by atomic mass is 16.6. The van der Waals surface area contributed by atoms with Gasteiger partial charge in [0.2, 0.25) is 0 Å². The molecule has 2 rings (SSSR count). The van der Waals surface area contributed by atoms with Crippen LogP contribution in [0.2, 0.25) is 0 Å². The molecule has 6 heteroatoms. The number of non-ortho nitro benzene ring substituents is 1. The van der Waals surface area contributed by atoms with Gasteiger partial charge in [0, 0.05) is 23.3 Å². The molecule has 0 aliphatic rings. The molecule has 1 atom stereocenters. The molecule has 114 valence electrons. The fourth-order valence-corrected chi connectivity index (χ4v) is 2.12. The lowest BCUT2D eigenvalue weighted by Gasteiger charge is -2.17. The van der Waals surface area contributed by atoms with Gasteiger partial charge in [0.15, 0.2) is 0 Å². The summed E-state index contributed by atoms with van der Waals surface area (Å²) in [6.07, 6.45) is 0. The summed E-state index contributed by atoms with van der Waals surface area (Å²) in [6.45, 7) is 1.85. The van der Waals surface area contributed by atoms with Crippen molar-refractivity contribution in [3.05, 3.63) is 69.8 Å². The Morgan fingerprint density at radius 2 is 1.82 bits per heavy atom. The number of hydrogen-bond acceptors (Lipinski definition) is 4. The topological polar surface area (TPSA) is 81.5 Å². The second kappa shape index (κ2) is 6.71. The number of rotatable bonds is 5. The SMILES string of the molecule is COc1ccccc1[C@H](C)NC(=O)c1ccc([N+](=O)[O-])cc1. The van der Waals surface area contributed by atoms with Crippen LogP contribution in [0, 0.1) is 10.1 Å². The molecule has 0 aliphatic heterocycles. The minimum Gasteiger partial charge on any atom is -0.496 e. The van der Waals surface area contributed by atoms with E-state index >= 15 is 0 Å². The van der Waals surface area contributed by atoms with Crippen LogP contribution in [0.4, 0.5) is 5.69 Å². The van der Waals surface area contributed by atoms with Gasteiger partial charge in [-0.2, -0.15) is 0 Å². The highest BCUT2D eigenvalue weighted by Gasteiger charge is 2.15. The first-order valence-electron chi connectivity index (χ1n) is 6.71. The quantitative estimate of drug-likeness (QED) is 0.679. The van der Waals surface area contributed by atoms with Crippen molar-refractivity contribution in [2.24, 2.45) is 0 Å². The summed E-state index contributed by atoms with van der Waals surface area (Å²) in [7, 11) is 1.57. The maximum atomic E-state index is 12.2. The Hall–Kier alpha value is -2.89. The molecular weight excluding hydrogens is 284 g/mol. The van der Waals surface area contributed by atoms with Crippen LogP contribution in [-0.2, 0) is 0 Å². The summed E-state index contributed by atoms with van der Waals surface area (Å²) in [5.41, 5.74) is 1.18. The first-order valence-corrected chi connectivity index (χ1v) is 6.71. The number of methoxy groups -OCH3 is 1. The van der Waals surface area contributed by atoms with E-state index in [-0.39, 0.29) is 17.6 Å². The van der Waals surface area contributed by atoms with Crippen LogP contribution in [0.3, 0.4) is 0 Å². The van der Waals surface area contributed by atoms with E-state index in [2.05, 4.69) is 5.32 Å². The molecule has 0 radical (unpaired) electrons. The van der Waals surface area contributed by atoms with E-state index in [1.54, 1.807) is 7.11 Å². The zero-order valence-electron chi connectivity index (χ0n) is 12.3. The third-order valence-corrected chi connectivity index (χ3v) is 3.29. The lowest BCUT2D eigenvalue weighted by Crippen LogP contribution is -2.26. The summed E-state index contributed by atoms with van der Waals surface area (Å²) in [5, 5.41) is 13.5. The Labute approximate surface area is 127 Å². The van der Waals surface area contributed by atoms with Gasteiger partial charge < -0.3 is 10.1 Å². The Balaban J connectivity index is 2.12. The van der Waals surface area contributed by atoms with Crippen LogP contribution >= 0.6 is 0 Å². The summed E-state index contributed by atoms with van der Waals surface area (Å²) in [5.74, 6) is 0.396. The zero-order chi connectivity index (χ0) is 16.1. The van der Waals surface area contributed by atoms with Crippen molar-refractivity contribution in [2.45, 2.75) is 13.0 Å². The molecule has 1 N–H and O–H groups in total. The van der Waals surface area contributed by atoms with E-state index in [4.69, 9.17) is 4.74 Å². The molecule has 2 aromatic rings. The minimum atomic E-state index is -0.501. The van der Waals surface area contributed by atoms with Gasteiger partial charge in [-0.25, -0.2) is 0 Å². The predicted molar refractivity (Wildman–Crippen MR) is 82.0 cm³/mol. The average molecular weight is 300 g/mol. The van der Waals surface area contributed by atoms with Crippen LogP contribution in [0.1, 0.15) is 28.9 Å². The summed E-state index contributed by atoms with van der Waals surface area (Å²) >= 11 is 0. The van der Waals surface area contributed by atoms with Gasteiger partial charge >= 0.3 is 0 Å². The van der Waals surface area contributed by atoms with Crippen molar-refractivity contribution >= 4 is 11.6 Å². The highest BCUT2D eigenvalue weighted by Crippen LogP contribution is 2.24. The lowest BCUT2D eigenvalue weighted by molar-refractivity contribution is -0.384. The Kier molecular flexibility index (Phi) is 4.73. The van der Waals surface area contributed by atoms with Gasteiger partial charge in [-0.3, -0.25) is 14.9 Å². The Morgan fingerprint density at radius 1 is 1.18 bits per heavy atom. The van der Waals surface area contributed by atoms with Crippen molar-refractivity contribution in [1.82, 2.24) is 5.32 Å². The van der Waals surface area contributed by atoms with E-state index in [1.165, 1.54) is 24.3 Å². The fourth-order valence-electron chi connectivity index (χ4n) is 2.12. The summed E-state index contributed by atoms with van der Waals surface area (Å²) in [4.78, 5) is 22.3. The molecule has 0 saturated heterocycles. The standard InChI is InChI=1S/C16H16N2O4/c1-11(14-5-3-4-6-15(14)22-2)17-16(19)12-7-9-13(10-8-12)18(20)21/h3-11H,1-2H3,(H,17,19)/t11-/m0/s1. The van der Waals surface area contributed by atoms with Crippen LogP contribution < -0.4 is 10.1 Å². The smallest absolute Gasteiger partial charge is 0.269 e. The number of nitro benzene ring substituents is 1. The zero-order valence-corrected chi connectivity index (χ0v) is 12.3. The maximum absolute atomic E-state index is 12.2. The predicted octanol–water partition coefficient (Wildman–Crippen LogP) is 3.09. The number of ether oxygens (including phenoxy) is 1. The molecule has 0 fully saturated rings. The van der Waals surface area contributed by atoms with Crippen molar-refractivity contribution in [2.75, 3.05) is 7.11 Å². The minimum absolute atomic E-state index is 0.0469. The third kappa shape index (κ3) is 3.41. The van der Waals surface area contributed by atoms with Crippen molar-refractivity contribution in [1.29, 1.82) is 0 Å². The lowest BCUT2D eigenvalue weighted by atomic mass is 10.1. The molecule has 0 unspecified atom stereocenters. The molecule has 0 aromatic heterocycles. The molecule has 0 aliphatic carbocycles. The van der Waals surface area contributed by atoms with E-state index in [1.807, 2.05) is 31.2 Å². The maximum Gasteiger partial charge on any atom is 0.269 e. The number of carbonyl (C=O) groups is 1. The van der Waals surface area contributed by atoms with Crippen LogP contribution in [0.25, 0.3) is 0 Å². The fraction of sp³-hybridized carbons (Fsp3) is 0.188. The Bertz CT molecular complexity index is 683. The van der Waals surface area contributed by atoms with E-state index in [0.29, 0.717) is 11.3 Å². The normalized spacial score (nSPS) is 11.5. The first-order chi connectivity index (χ1) is 10.5. The molecule has 22 heavy (non-hydrogen) atoms. The monoisotopic (exact) mass is 300 g/mol. The van der Waals surface area contributed by atoms with Gasteiger partial charge in [0.25, 0.3) is 11.6 Å². The van der Waals surface area contributed by atoms with E-state index < -0.39 is 4.92 Å². The number of nitrogens with zero attached hydrogens (tertiary/aromatic N) is 1. The van der Waals surface area contributed by atoms with Gasteiger partial charge in [-0.1, -0.05) is 18.2 Å². The third-order valence-electron chi connectivity index (χ3n) is 3.29. The molecular formula is C16H16N2O4. The van der Waals surface area contributed by atoms with E-state index in [9.17, 15) is 14.9 Å². The largest absolute Gasteiger partial charge is 0.496 e. The number of para-hydroxylation sites is 1. The summed E-state index contributed by atoms with van der Waals surface area (Å²) < 4.78 is 5.27. The Morgan fingerprint density at radius 3 is 2.41 bits per heavy atom. The average Bonchev–Trinajstić information content (AvgIpc) is 2.54. The van der Waals surface area contributed by atoms with Gasteiger partial charge in [-0.15, -0.1) is 0 Å². The second-order valence-electron chi connectivity index (χ2n) is 4.74. The van der Waals surface area contributed by atoms with Gasteiger partial charge in [-0.05, 0) is 25.1 Å². The van der Waals surface area contributed by atoms with Crippen molar-refractivity contribution in [3.8, 4) is 5.75 Å². The molecule has 0 spiro atoms. The molecule has 1 amide bonds. The van der Waals surface area contributed by atoms with Gasteiger partial charge in [0.05, 0.1) is 18.1 Å².